The Morgan fingerprint density at radius 1 is 1.25 bits per heavy atom. The van der Waals surface area contributed by atoms with Crippen molar-refractivity contribution in [3.63, 3.8) is 0 Å². The molecule has 2 amide bonds. The SMILES string of the molecule is CN(CC(C)(C)C)[C@H]1C[C@H]2C(=O)NC3(CCNCC3)CC(=O)N2C1. The molecule has 2 N–H and O–H groups in total. The summed E-state index contributed by atoms with van der Waals surface area (Å²) in [4.78, 5) is 29.8. The summed E-state index contributed by atoms with van der Waals surface area (Å²) >= 11 is 0. The van der Waals surface area contributed by atoms with Gasteiger partial charge in [-0.15, -0.1) is 0 Å². The lowest BCUT2D eigenvalue weighted by atomic mass is 9.85. The molecule has 0 aromatic rings. The molecule has 0 radical (unpaired) electrons. The number of carbonyl (C=O) groups is 2. The number of hydrogen-bond acceptors (Lipinski definition) is 4. The second-order valence-electron chi connectivity index (χ2n) is 9.12. The van der Waals surface area contributed by atoms with Gasteiger partial charge in [-0.3, -0.25) is 9.59 Å². The molecule has 0 aromatic heterocycles. The normalized spacial score (nSPS) is 30.5. The zero-order chi connectivity index (χ0) is 17.5. The number of amides is 2. The molecule has 0 saturated carbocycles. The van der Waals surface area contributed by atoms with Crippen molar-refractivity contribution in [1.29, 1.82) is 0 Å². The highest BCUT2D eigenvalue weighted by Gasteiger charge is 2.48. The van der Waals surface area contributed by atoms with E-state index < -0.39 is 0 Å². The smallest absolute Gasteiger partial charge is 0.243 e. The van der Waals surface area contributed by atoms with E-state index in [1.165, 1.54) is 0 Å². The quantitative estimate of drug-likeness (QED) is 0.774. The third-order valence-electron chi connectivity index (χ3n) is 5.69. The van der Waals surface area contributed by atoms with Crippen LogP contribution < -0.4 is 10.6 Å². The van der Waals surface area contributed by atoms with E-state index in [0.29, 0.717) is 13.0 Å². The van der Waals surface area contributed by atoms with Gasteiger partial charge in [0.05, 0.1) is 12.0 Å². The average Bonchev–Trinajstić information content (AvgIpc) is 2.88. The minimum Gasteiger partial charge on any atom is -0.348 e. The predicted octanol–water partition coefficient (Wildman–Crippen LogP) is 0.576. The maximum atomic E-state index is 12.9. The van der Waals surface area contributed by atoms with Crippen molar-refractivity contribution in [2.75, 3.05) is 33.2 Å². The second kappa shape index (κ2) is 6.30. The summed E-state index contributed by atoms with van der Waals surface area (Å²) in [5, 5.41) is 6.56. The molecule has 6 heteroatoms. The summed E-state index contributed by atoms with van der Waals surface area (Å²) < 4.78 is 0. The van der Waals surface area contributed by atoms with Gasteiger partial charge in [0.2, 0.25) is 11.8 Å². The van der Waals surface area contributed by atoms with Crippen LogP contribution in [0, 0.1) is 5.41 Å². The summed E-state index contributed by atoms with van der Waals surface area (Å²) in [6.07, 6.45) is 2.89. The monoisotopic (exact) mass is 336 g/mol. The number of hydrogen-bond donors (Lipinski definition) is 2. The molecule has 3 saturated heterocycles. The van der Waals surface area contributed by atoms with Gasteiger partial charge in [-0.1, -0.05) is 20.8 Å². The van der Waals surface area contributed by atoms with Gasteiger partial charge in [0.25, 0.3) is 0 Å². The number of piperidine rings is 1. The first-order chi connectivity index (χ1) is 11.2. The van der Waals surface area contributed by atoms with Gasteiger partial charge in [0.15, 0.2) is 0 Å². The van der Waals surface area contributed by atoms with E-state index >= 15 is 0 Å². The number of fused-ring (bicyclic) bond motifs is 1. The van der Waals surface area contributed by atoms with Crippen LogP contribution in [0.15, 0.2) is 0 Å². The lowest BCUT2D eigenvalue weighted by Crippen LogP contribution is -2.55. The van der Waals surface area contributed by atoms with Gasteiger partial charge >= 0.3 is 0 Å². The third-order valence-corrected chi connectivity index (χ3v) is 5.69. The van der Waals surface area contributed by atoms with E-state index in [9.17, 15) is 9.59 Å². The molecular weight excluding hydrogens is 304 g/mol. The Hall–Kier alpha value is -1.14. The Balaban J connectivity index is 1.71. The Bertz CT molecular complexity index is 480. The molecule has 136 valence electrons. The fourth-order valence-electron chi connectivity index (χ4n) is 4.52. The summed E-state index contributed by atoms with van der Waals surface area (Å²) in [5.41, 5.74) is -0.114. The summed E-state index contributed by atoms with van der Waals surface area (Å²) in [6, 6.07) is -0.0230. The van der Waals surface area contributed by atoms with Crippen LogP contribution in [0.4, 0.5) is 0 Å². The molecule has 0 aliphatic carbocycles. The van der Waals surface area contributed by atoms with Crippen LogP contribution in [0.3, 0.4) is 0 Å². The largest absolute Gasteiger partial charge is 0.348 e. The zero-order valence-corrected chi connectivity index (χ0v) is 15.5. The molecule has 3 aliphatic rings. The highest BCUT2D eigenvalue weighted by molar-refractivity contribution is 5.92. The van der Waals surface area contributed by atoms with Gasteiger partial charge in [0, 0.05) is 19.1 Å². The van der Waals surface area contributed by atoms with E-state index in [-0.39, 0.29) is 34.9 Å². The second-order valence-corrected chi connectivity index (χ2v) is 9.12. The molecule has 24 heavy (non-hydrogen) atoms. The van der Waals surface area contributed by atoms with Gasteiger partial charge in [0.1, 0.15) is 6.04 Å². The maximum Gasteiger partial charge on any atom is 0.243 e. The molecule has 3 fully saturated rings. The van der Waals surface area contributed by atoms with Gasteiger partial charge in [-0.05, 0) is 44.8 Å². The lowest BCUT2D eigenvalue weighted by molar-refractivity contribution is -0.135. The Morgan fingerprint density at radius 3 is 2.54 bits per heavy atom. The first-order valence-electron chi connectivity index (χ1n) is 9.22. The fourth-order valence-corrected chi connectivity index (χ4v) is 4.52. The first kappa shape index (κ1) is 17.7. The number of carbonyl (C=O) groups excluding carboxylic acids is 2. The zero-order valence-electron chi connectivity index (χ0n) is 15.5. The fraction of sp³-hybridized carbons (Fsp3) is 0.889. The molecule has 0 bridgehead atoms. The lowest BCUT2D eigenvalue weighted by Gasteiger charge is -2.37. The van der Waals surface area contributed by atoms with Crippen molar-refractivity contribution < 1.29 is 9.59 Å². The molecule has 3 aliphatic heterocycles. The van der Waals surface area contributed by atoms with Crippen LogP contribution in [0.2, 0.25) is 0 Å². The number of likely N-dealkylation sites (N-methyl/N-ethyl adjacent to an activating group) is 1. The molecule has 0 unspecified atom stereocenters. The first-order valence-corrected chi connectivity index (χ1v) is 9.22. The van der Waals surface area contributed by atoms with Crippen LogP contribution in [-0.2, 0) is 9.59 Å². The highest BCUT2D eigenvalue weighted by atomic mass is 16.2. The highest BCUT2D eigenvalue weighted by Crippen LogP contribution is 2.32. The maximum absolute atomic E-state index is 12.9. The van der Waals surface area contributed by atoms with Crippen LogP contribution in [-0.4, -0.2) is 72.5 Å². The van der Waals surface area contributed by atoms with E-state index in [0.717, 1.165) is 38.9 Å². The minimum absolute atomic E-state index is 0.0504. The van der Waals surface area contributed by atoms with Gasteiger partial charge < -0.3 is 20.4 Å². The third kappa shape index (κ3) is 3.59. The van der Waals surface area contributed by atoms with Crippen LogP contribution in [0.5, 0.6) is 0 Å². The summed E-state index contributed by atoms with van der Waals surface area (Å²) in [5.74, 6) is 0.196. The molecule has 6 nitrogen and oxygen atoms in total. The Kier molecular flexibility index (Phi) is 4.64. The number of rotatable bonds is 2. The molecule has 3 heterocycles. The molecular formula is C18H32N4O2. The van der Waals surface area contributed by atoms with Crippen molar-refractivity contribution in [3.8, 4) is 0 Å². The minimum atomic E-state index is -0.323. The van der Waals surface area contributed by atoms with E-state index in [2.05, 4.69) is 43.4 Å². The number of nitrogens with one attached hydrogen (secondary N) is 2. The van der Waals surface area contributed by atoms with Crippen LogP contribution in [0.25, 0.3) is 0 Å². The van der Waals surface area contributed by atoms with E-state index in [1.54, 1.807) is 0 Å². The Labute approximate surface area is 145 Å². The summed E-state index contributed by atoms with van der Waals surface area (Å²) in [6.45, 7) is 10.0. The molecule has 1 spiro atoms. The van der Waals surface area contributed by atoms with Crippen molar-refractivity contribution >= 4 is 11.8 Å². The van der Waals surface area contributed by atoms with Crippen LogP contribution in [0.1, 0.15) is 46.5 Å². The average molecular weight is 336 g/mol. The van der Waals surface area contributed by atoms with E-state index in [1.807, 2.05) is 4.90 Å². The standard InChI is InChI=1S/C18H32N4O2/c1-17(2,3)12-21(4)13-9-14-16(24)20-18(5-7-19-8-6-18)10-15(23)22(14)11-13/h13-14,19H,5-12H2,1-4H3,(H,20,24)/t13-,14-/m0/s1. The molecule has 3 rings (SSSR count). The molecule has 2 atom stereocenters. The van der Waals surface area contributed by atoms with Crippen LogP contribution >= 0.6 is 0 Å². The van der Waals surface area contributed by atoms with Crippen molar-refractivity contribution in [2.24, 2.45) is 5.41 Å². The van der Waals surface area contributed by atoms with Gasteiger partial charge in [-0.25, -0.2) is 0 Å². The van der Waals surface area contributed by atoms with Crippen molar-refractivity contribution in [3.05, 3.63) is 0 Å². The molecule has 0 aromatic carbocycles. The van der Waals surface area contributed by atoms with E-state index in [4.69, 9.17) is 0 Å². The van der Waals surface area contributed by atoms with Crippen molar-refractivity contribution in [2.45, 2.75) is 64.1 Å². The summed E-state index contributed by atoms with van der Waals surface area (Å²) in [7, 11) is 2.11. The predicted molar refractivity (Wildman–Crippen MR) is 93.6 cm³/mol. The number of nitrogens with zero attached hydrogens (tertiary/aromatic N) is 2. The van der Waals surface area contributed by atoms with Gasteiger partial charge in [-0.2, -0.15) is 0 Å². The topological polar surface area (TPSA) is 64.7 Å². The Morgan fingerprint density at radius 2 is 1.92 bits per heavy atom. The van der Waals surface area contributed by atoms with Crippen molar-refractivity contribution in [1.82, 2.24) is 20.4 Å².